The number of nitrogens with one attached hydrogen (secondary N) is 2. The molecule has 3 amide bonds. The van der Waals surface area contributed by atoms with Crippen molar-refractivity contribution in [2.45, 2.75) is 50.2 Å². The molecular formula is C24H27N5O6. The second-order valence-electron chi connectivity index (χ2n) is 8.74. The minimum Gasteiger partial charge on any atom is -0.481 e. The second kappa shape index (κ2) is 10.6. The van der Waals surface area contributed by atoms with E-state index >= 15 is 0 Å². The third kappa shape index (κ3) is 5.46. The molecule has 0 bridgehead atoms. The van der Waals surface area contributed by atoms with Crippen LogP contribution in [0.3, 0.4) is 0 Å². The van der Waals surface area contributed by atoms with Gasteiger partial charge in [-0.1, -0.05) is 24.3 Å². The molecule has 4 rings (SSSR count). The molecule has 2 fully saturated rings. The highest BCUT2D eigenvalue weighted by Crippen LogP contribution is 2.24. The van der Waals surface area contributed by atoms with Crippen molar-refractivity contribution >= 4 is 40.7 Å². The molecule has 11 heteroatoms. The summed E-state index contributed by atoms with van der Waals surface area (Å²) >= 11 is 0. The third-order valence-corrected chi connectivity index (χ3v) is 6.33. The molecule has 0 radical (unpaired) electrons. The number of nitrogens with zero attached hydrogens (tertiary/aromatic N) is 3. The van der Waals surface area contributed by atoms with Crippen LogP contribution in [0.2, 0.25) is 0 Å². The molecule has 1 aromatic heterocycles. The number of hydrazine groups is 1. The predicted molar refractivity (Wildman–Crippen MR) is 124 cm³/mol. The summed E-state index contributed by atoms with van der Waals surface area (Å²) in [6, 6.07) is 6.89. The standard InChI is InChI=1S/C24H27N5O6/c30-14-17(12-21(32)33)27-23(34)19-6-3-11-28-20(31)8-7-16(13-29(19)28)26-24(35)22-18-5-2-1-4-15(18)9-10-25-22/h1-2,4-5,9-10,14,16-17,19H,3,6-8,11-13H2,(H,26,35)(H,27,34)(H,32,33). The Kier molecular flexibility index (Phi) is 7.35. The van der Waals surface area contributed by atoms with Crippen LogP contribution in [-0.4, -0.2) is 81.3 Å². The van der Waals surface area contributed by atoms with Crippen LogP contribution in [0.15, 0.2) is 36.5 Å². The van der Waals surface area contributed by atoms with Crippen molar-refractivity contribution in [2.75, 3.05) is 13.1 Å². The first-order valence-corrected chi connectivity index (χ1v) is 11.6. The number of aliphatic carboxylic acids is 1. The van der Waals surface area contributed by atoms with Gasteiger partial charge in [-0.2, -0.15) is 0 Å². The monoisotopic (exact) mass is 481 g/mol. The van der Waals surface area contributed by atoms with Gasteiger partial charge in [0, 0.05) is 37.1 Å². The first-order chi connectivity index (χ1) is 16.9. The molecule has 1 aromatic carbocycles. The summed E-state index contributed by atoms with van der Waals surface area (Å²) in [5, 5.41) is 19.2. The number of carbonyl (C=O) groups excluding carboxylic acids is 4. The van der Waals surface area contributed by atoms with Gasteiger partial charge in [-0.05, 0) is 30.7 Å². The molecule has 2 aliphatic rings. The molecule has 35 heavy (non-hydrogen) atoms. The average molecular weight is 482 g/mol. The number of aldehydes is 1. The largest absolute Gasteiger partial charge is 0.481 e. The molecule has 3 N–H and O–H groups in total. The average Bonchev–Trinajstić information content (AvgIpc) is 3.01. The lowest BCUT2D eigenvalue weighted by Crippen LogP contribution is -2.62. The van der Waals surface area contributed by atoms with E-state index in [-0.39, 0.29) is 30.5 Å². The van der Waals surface area contributed by atoms with E-state index in [1.54, 1.807) is 11.2 Å². The molecule has 11 nitrogen and oxygen atoms in total. The summed E-state index contributed by atoms with van der Waals surface area (Å²) < 4.78 is 0. The molecule has 2 saturated heterocycles. The van der Waals surface area contributed by atoms with Gasteiger partial charge in [0.2, 0.25) is 11.8 Å². The van der Waals surface area contributed by atoms with Crippen molar-refractivity contribution in [1.29, 1.82) is 0 Å². The molecule has 2 aromatic rings. The Labute approximate surface area is 201 Å². The maximum Gasteiger partial charge on any atom is 0.305 e. The van der Waals surface area contributed by atoms with Crippen LogP contribution in [0, 0.1) is 0 Å². The smallest absolute Gasteiger partial charge is 0.305 e. The van der Waals surface area contributed by atoms with Gasteiger partial charge in [0.15, 0.2) is 0 Å². The fraction of sp³-hybridized carbons (Fsp3) is 0.417. The van der Waals surface area contributed by atoms with Crippen molar-refractivity contribution in [3.05, 3.63) is 42.2 Å². The van der Waals surface area contributed by atoms with E-state index in [1.807, 2.05) is 30.3 Å². The SMILES string of the molecule is O=CC(CC(=O)O)NC(=O)C1CCCN2C(=O)CCC(NC(=O)c3nccc4ccccc34)CN12. The molecule has 3 heterocycles. The number of amides is 3. The number of aromatic nitrogens is 1. The molecular weight excluding hydrogens is 454 g/mol. The Balaban J connectivity index is 1.51. The summed E-state index contributed by atoms with van der Waals surface area (Å²) in [6.45, 7) is 0.658. The van der Waals surface area contributed by atoms with Crippen molar-refractivity contribution in [1.82, 2.24) is 25.6 Å². The Morgan fingerprint density at radius 3 is 2.77 bits per heavy atom. The van der Waals surface area contributed by atoms with Crippen LogP contribution in [0.5, 0.6) is 0 Å². The first kappa shape index (κ1) is 24.3. The van der Waals surface area contributed by atoms with Crippen molar-refractivity contribution in [2.24, 2.45) is 0 Å². The van der Waals surface area contributed by atoms with E-state index in [4.69, 9.17) is 5.11 Å². The van der Waals surface area contributed by atoms with Crippen LogP contribution in [0.4, 0.5) is 0 Å². The van der Waals surface area contributed by atoms with Crippen LogP contribution in [0.25, 0.3) is 10.8 Å². The van der Waals surface area contributed by atoms with E-state index in [0.29, 0.717) is 37.5 Å². The Morgan fingerprint density at radius 1 is 1.20 bits per heavy atom. The predicted octanol–water partition coefficient (Wildman–Crippen LogP) is 0.493. The van der Waals surface area contributed by atoms with E-state index in [1.165, 1.54) is 5.01 Å². The summed E-state index contributed by atoms with van der Waals surface area (Å²) in [4.78, 5) is 65.4. The van der Waals surface area contributed by atoms with Crippen molar-refractivity contribution < 1.29 is 29.1 Å². The summed E-state index contributed by atoms with van der Waals surface area (Å²) in [6.07, 6.45) is 3.05. The number of hydrogen-bond acceptors (Lipinski definition) is 7. The van der Waals surface area contributed by atoms with Gasteiger partial charge >= 0.3 is 5.97 Å². The maximum absolute atomic E-state index is 13.1. The Bertz CT molecular complexity index is 1150. The zero-order valence-corrected chi connectivity index (χ0v) is 19.1. The zero-order chi connectivity index (χ0) is 24.9. The van der Waals surface area contributed by atoms with E-state index in [9.17, 15) is 24.0 Å². The summed E-state index contributed by atoms with van der Waals surface area (Å²) in [7, 11) is 0. The molecule has 3 atom stereocenters. The highest BCUT2D eigenvalue weighted by molar-refractivity contribution is 6.05. The fourth-order valence-electron chi connectivity index (χ4n) is 4.66. The van der Waals surface area contributed by atoms with E-state index in [0.717, 1.165) is 5.39 Å². The van der Waals surface area contributed by atoms with Gasteiger partial charge in [-0.3, -0.25) is 29.2 Å². The van der Waals surface area contributed by atoms with Gasteiger partial charge in [0.1, 0.15) is 18.0 Å². The van der Waals surface area contributed by atoms with Gasteiger partial charge in [0.05, 0.1) is 12.5 Å². The second-order valence-corrected chi connectivity index (χ2v) is 8.74. The van der Waals surface area contributed by atoms with Gasteiger partial charge in [-0.25, -0.2) is 5.01 Å². The lowest BCUT2D eigenvalue weighted by atomic mass is 10.1. The molecule has 0 spiro atoms. The van der Waals surface area contributed by atoms with E-state index < -0.39 is 36.4 Å². The number of pyridine rings is 1. The number of fused-ring (bicyclic) bond motifs is 2. The lowest BCUT2D eigenvalue weighted by Gasteiger charge is -2.43. The highest BCUT2D eigenvalue weighted by atomic mass is 16.4. The molecule has 0 aliphatic carbocycles. The first-order valence-electron chi connectivity index (χ1n) is 11.6. The number of carboxylic acids is 1. The number of carbonyl (C=O) groups is 5. The van der Waals surface area contributed by atoms with Gasteiger partial charge < -0.3 is 20.5 Å². The highest BCUT2D eigenvalue weighted by Gasteiger charge is 2.40. The zero-order valence-electron chi connectivity index (χ0n) is 19.1. The lowest BCUT2D eigenvalue weighted by molar-refractivity contribution is -0.163. The van der Waals surface area contributed by atoms with Gasteiger partial charge in [-0.15, -0.1) is 0 Å². The minimum atomic E-state index is -1.21. The minimum absolute atomic E-state index is 0.153. The Hall–Kier alpha value is -3.86. The van der Waals surface area contributed by atoms with Crippen molar-refractivity contribution in [3.63, 3.8) is 0 Å². The van der Waals surface area contributed by atoms with E-state index in [2.05, 4.69) is 15.6 Å². The van der Waals surface area contributed by atoms with Crippen LogP contribution in [-0.2, 0) is 19.2 Å². The molecule has 3 unspecified atom stereocenters. The number of benzene rings is 1. The van der Waals surface area contributed by atoms with Crippen LogP contribution >= 0.6 is 0 Å². The number of rotatable bonds is 7. The third-order valence-electron chi connectivity index (χ3n) is 6.33. The molecule has 2 aliphatic heterocycles. The van der Waals surface area contributed by atoms with Crippen LogP contribution < -0.4 is 10.6 Å². The fourth-order valence-corrected chi connectivity index (χ4v) is 4.66. The molecule has 0 saturated carbocycles. The number of carboxylic acid groups (broad SMARTS) is 1. The summed E-state index contributed by atoms with van der Waals surface area (Å²) in [5.41, 5.74) is 0.283. The molecule has 184 valence electrons. The number of hydrogen-bond donors (Lipinski definition) is 3. The quantitative estimate of drug-likeness (QED) is 0.484. The topological polar surface area (TPSA) is 149 Å². The Morgan fingerprint density at radius 2 is 2.00 bits per heavy atom. The normalized spacial score (nSPS) is 21.5. The maximum atomic E-state index is 13.1. The van der Waals surface area contributed by atoms with Gasteiger partial charge in [0.25, 0.3) is 5.91 Å². The van der Waals surface area contributed by atoms with Crippen molar-refractivity contribution in [3.8, 4) is 0 Å². The summed E-state index contributed by atoms with van der Waals surface area (Å²) in [5.74, 6) is -2.25. The van der Waals surface area contributed by atoms with Crippen LogP contribution in [0.1, 0.15) is 42.6 Å².